The minimum atomic E-state index is 0.208. The van der Waals surface area contributed by atoms with Crippen molar-refractivity contribution >= 4 is 26.4 Å². The zero-order valence-corrected chi connectivity index (χ0v) is 9.03. The summed E-state index contributed by atoms with van der Waals surface area (Å²) in [5.74, 6) is 0. The summed E-state index contributed by atoms with van der Waals surface area (Å²) in [6.07, 6.45) is 2.17. The van der Waals surface area contributed by atoms with Crippen molar-refractivity contribution in [1.29, 1.82) is 0 Å². The topological polar surface area (TPSA) is 17.1 Å². The molecule has 0 unspecified atom stereocenters. The van der Waals surface area contributed by atoms with E-state index in [1.807, 2.05) is 18.2 Å². The van der Waals surface area contributed by atoms with Gasteiger partial charge < -0.3 is 0 Å². The van der Waals surface area contributed by atoms with Gasteiger partial charge in [-0.25, -0.2) is 0 Å². The van der Waals surface area contributed by atoms with E-state index < -0.39 is 0 Å². The van der Waals surface area contributed by atoms with Crippen LogP contribution in [-0.4, -0.2) is 22.0 Å². The number of carbonyl (C=O) groups excluding carboxylic acids is 1. The van der Waals surface area contributed by atoms with Crippen LogP contribution in [0, 0.1) is 0 Å². The maximum atomic E-state index is 10.6. The van der Waals surface area contributed by atoms with Gasteiger partial charge in [0.15, 0.2) is 0 Å². The van der Waals surface area contributed by atoms with Gasteiger partial charge >= 0.3 is 79.6 Å². The maximum absolute atomic E-state index is 10.6. The molecule has 1 rings (SSSR count). The fourth-order valence-electron chi connectivity index (χ4n) is 0.963. The Bertz CT molecular complexity index is 258. The third-order valence-corrected chi connectivity index (χ3v) is 4.55. The van der Waals surface area contributed by atoms with Crippen molar-refractivity contribution < 1.29 is 4.79 Å². The minimum absolute atomic E-state index is 0.208. The van der Waals surface area contributed by atoms with Crippen LogP contribution in [0.25, 0.3) is 0 Å². The van der Waals surface area contributed by atoms with Crippen LogP contribution < -0.4 is 4.35 Å². The second kappa shape index (κ2) is 5.16. The van der Waals surface area contributed by atoms with E-state index in [0.29, 0.717) is 0 Å². The van der Waals surface area contributed by atoms with Gasteiger partial charge in [-0.05, 0) is 0 Å². The van der Waals surface area contributed by atoms with Gasteiger partial charge in [0.25, 0.3) is 0 Å². The first-order chi connectivity index (χ1) is 5.88. The van der Waals surface area contributed by atoms with Gasteiger partial charge in [-0.2, -0.15) is 0 Å². The third kappa shape index (κ3) is 2.49. The molecule has 63 valence electrons. The molecule has 1 aromatic rings. The Kier molecular flexibility index (Phi) is 4.10. The molecule has 0 aliphatic rings. The van der Waals surface area contributed by atoms with Crippen molar-refractivity contribution in [2.75, 3.05) is 0 Å². The van der Waals surface area contributed by atoms with Crippen LogP contribution in [0.4, 0.5) is 0 Å². The fraction of sp³-hybridized carbons (Fsp3) is 0.300. The van der Waals surface area contributed by atoms with E-state index in [4.69, 9.17) is 0 Å². The number of carbonyl (C=O) groups is 1. The molecule has 0 amide bonds. The van der Waals surface area contributed by atoms with E-state index in [-0.39, 0.29) is 15.8 Å². The van der Waals surface area contributed by atoms with Crippen molar-refractivity contribution in [2.45, 2.75) is 18.6 Å². The molecule has 0 heterocycles. The van der Waals surface area contributed by atoms with E-state index in [9.17, 15) is 4.79 Å². The normalized spacial score (nSPS) is 10.8. The number of hydrogen-bond acceptors (Lipinski definition) is 1. The summed E-state index contributed by atoms with van der Waals surface area (Å²) in [6.45, 7) is 2.18. The SMILES string of the molecule is CCC[As]c1ccccc1C=O. The van der Waals surface area contributed by atoms with E-state index >= 15 is 0 Å². The van der Waals surface area contributed by atoms with Crippen LogP contribution in [0.5, 0.6) is 0 Å². The van der Waals surface area contributed by atoms with E-state index in [1.54, 1.807) is 0 Å². The molecule has 1 nitrogen and oxygen atoms in total. The first kappa shape index (κ1) is 9.54. The molecule has 1 radical (unpaired) electrons. The van der Waals surface area contributed by atoms with Gasteiger partial charge in [0.1, 0.15) is 0 Å². The predicted octanol–water partition coefficient (Wildman–Crippen LogP) is 1.66. The monoisotopic (exact) mass is 223 g/mol. The molecule has 0 saturated heterocycles. The number of benzene rings is 1. The van der Waals surface area contributed by atoms with Crippen molar-refractivity contribution in [3.63, 3.8) is 0 Å². The Morgan fingerprint density at radius 2 is 2.17 bits per heavy atom. The van der Waals surface area contributed by atoms with Crippen LogP contribution in [0.1, 0.15) is 23.7 Å². The fourth-order valence-corrected chi connectivity index (χ4v) is 2.99. The van der Waals surface area contributed by atoms with Crippen LogP contribution in [-0.2, 0) is 0 Å². The van der Waals surface area contributed by atoms with Gasteiger partial charge in [-0.1, -0.05) is 0 Å². The molecular formula is C10H12AsO. The molecule has 0 bridgehead atoms. The molecule has 0 spiro atoms. The third-order valence-electron chi connectivity index (χ3n) is 1.57. The average molecular weight is 223 g/mol. The Morgan fingerprint density at radius 1 is 1.42 bits per heavy atom. The number of hydrogen-bond donors (Lipinski definition) is 0. The molecule has 0 atom stereocenters. The summed E-state index contributed by atoms with van der Waals surface area (Å²) in [4.78, 5) is 10.6. The van der Waals surface area contributed by atoms with E-state index in [0.717, 1.165) is 11.8 Å². The van der Waals surface area contributed by atoms with Crippen molar-refractivity contribution in [2.24, 2.45) is 0 Å². The number of aldehydes is 1. The predicted molar refractivity (Wildman–Crippen MR) is 52.3 cm³/mol. The van der Waals surface area contributed by atoms with Gasteiger partial charge in [0, 0.05) is 0 Å². The summed E-state index contributed by atoms with van der Waals surface area (Å²) in [6, 6.07) is 7.89. The zero-order valence-electron chi connectivity index (χ0n) is 7.16. The molecule has 0 aliphatic carbocycles. The van der Waals surface area contributed by atoms with Gasteiger partial charge in [0.05, 0.1) is 0 Å². The van der Waals surface area contributed by atoms with Crippen LogP contribution in [0.2, 0.25) is 5.21 Å². The Morgan fingerprint density at radius 3 is 2.83 bits per heavy atom. The summed E-state index contributed by atoms with van der Waals surface area (Å²) in [5, 5.41) is 1.25. The van der Waals surface area contributed by atoms with E-state index in [2.05, 4.69) is 13.0 Å². The molecule has 12 heavy (non-hydrogen) atoms. The Balaban J connectivity index is 2.75. The standard InChI is InChI=1S/C10H12AsO/c1-2-7-11-10-6-4-3-5-9(10)8-12/h3-6,8H,2,7H2,1H3. The molecule has 2 heteroatoms. The summed E-state index contributed by atoms with van der Waals surface area (Å²) in [7, 11) is 0. The molecule has 0 fully saturated rings. The molecular weight excluding hydrogens is 211 g/mol. The zero-order chi connectivity index (χ0) is 8.81. The van der Waals surface area contributed by atoms with Gasteiger partial charge in [-0.15, -0.1) is 0 Å². The molecule has 0 N–H and O–H groups in total. The summed E-state index contributed by atoms with van der Waals surface area (Å²) < 4.78 is 1.27. The molecule has 1 aromatic carbocycles. The molecule has 0 saturated carbocycles. The average Bonchev–Trinajstić information content (AvgIpc) is 2.15. The quantitative estimate of drug-likeness (QED) is 0.560. The van der Waals surface area contributed by atoms with Crippen LogP contribution in [0.15, 0.2) is 24.3 Å². The molecule has 0 aliphatic heterocycles. The second-order valence-electron chi connectivity index (χ2n) is 2.56. The van der Waals surface area contributed by atoms with Crippen LogP contribution >= 0.6 is 0 Å². The van der Waals surface area contributed by atoms with Gasteiger partial charge in [0.2, 0.25) is 0 Å². The van der Waals surface area contributed by atoms with Gasteiger partial charge in [-0.3, -0.25) is 0 Å². The van der Waals surface area contributed by atoms with Crippen molar-refractivity contribution in [3.05, 3.63) is 29.8 Å². The second-order valence-corrected chi connectivity index (χ2v) is 5.17. The van der Waals surface area contributed by atoms with Crippen molar-refractivity contribution in [1.82, 2.24) is 0 Å². The first-order valence-electron chi connectivity index (χ1n) is 4.10. The van der Waals surface area contributed by atoms with E-state index in [1.165, 1.54) is 16.0 Å². The Labute approximate surface area is 79.9 Å². The Hall–Kier alpha value is -0.552. The molecule has 0 aromatic heterocycles. The first-order valence-corrected chi connectivity index (χ1v) is 6.36. The summed E-state index contributed by atoms with van der Waals surface area (Å²) in [5.41, 5.74) is 0.881. The van der Waals surface area contributed by atoms with Crippen LogP contribution in [0.3, 0.4) is 0 Å². The number of rotatable bonds is 4. The summed E-state index contributed by atoms with van der Waals surface area (Å²) >= 11 is 0.208. The van der Waals surface area contributed by atoms with Crippen molar-refractivity contribution in [3.8, 4) is 0 Å².